The van der Waals surface area contributed by atoms with Crippen LogP contribution in [0.15, 0.2) is 24.3 Å². The maximum atomic E-state index is 12.1. The van der Waals surface area contributed by atoms with Gasteiger partial charge in [0.25, 0.3) is 0 Å². The highest BCUT2D eigenvalue weighted by molar-refractivity contribution is 5.27. The molecule has 0 atom stereocenters. The van der Waals surface area contributed by atoms with Gasteiger partial charge < -0.3 is 9.84 Å². The predicted octanol–water partition coefficient (Wildman–Crippen LogP) is 3.57. The van der Waals surface area contributed by atoms with E-state index in [0.29, 0.717) is 19.1 Å². The van der Waals surface area contributed by atoms with Crippen molar-refractivity contribution < 1.29 is 23.0 Å². The fraction of sp³-hybridized carbons (Fsp3) is 0.600. The smallest absolute Gasteiger partial charge is 0.406 e. The molecule has 0 spiro atoms. The van der Waals surface area contributed by atoms with Gasteiger partial charge in [0, 0.05) is 19.1 Å². The monoisotopic (exact) mass is 305 g/mol. The summed E-state index contributed by atoms with van der Waals surface area (Å²) in [5.41, 5.74) is 0.893. The summed E-state index contributed by atoms with van der Waals surface area (Å²) in [5, 5.41) is 9.14. The van der Waals surface area contributed by atoms with Crippen LogP contribution in [0.5, 0.6) is 5.75 Å². The van der Waals surface area contributed by atoms with E-state index in [1.807, 2.05) is 0 Å². The molecule has 0 saturated carbocycles. The Bertz CT molecular complexity index is 402. The van der Waals surface area contributed by atoms with Crippen LogP contribution < -0.4 is 4.74 Å². The Morgan fingerprint density at radius 1 is 1.14 bits per heavy atom. The maximum Gasteiger partial charge on any atom is 0.573 e. The minimum absolute atomic E-state index is 0.0613. The Hall–Kier alpha value is -1.27. The molecule has 1 aromatic rings. The molecule has 0 heterocycles. The summed E-state index contributed by atoms with van der Waals surface area (Å²) >= 11 is 0. The van der Waals surface area contributed by atoms with Gasteiger partial charge in [-0.3, -0.25) is 4.90 Å². The van der Waals surface area contributed by atoms with Gasteiger partial charge in [0.15, 0.2) is 0 Å². The summed E-state index contributed by atoms with van der Waals surface area (Å²) in [4.78, 5) is 2.14. The maximum absolute atomic E-state index is 12.1. The Morgan fingerprint density at radius 2 is 1.71 bits per heavy atom. The largest absolute Gasteiger partial charge is 0.573 e. The molecule has 1 rings (SSSR count). The number of hydrogen-bond donors (Lipinski definition) is 1. The van der Waals surface area contributed by atoms with Crippen molar-refractivity contribution in [2.75, 3.05) is 13.2 Å². The van der Waals surface area contributed by atoms with Crippen molar-refractivity contribution in [3.63, 3.8) is 0 Å². The molecule has 0 amide bonds. The molecule has 21 heavy (non-hydrogen) atoms. The lowest BCUT2D eigenvalue weighted by Gasteiger charge is -2.29. The molecule has 1 N–H and O–H groups in total. The van der Waals surface area contributed by atoms with Crippen molar-refractivity contribution in [2.24, 2.45) is 0 Å². The third-order valence-electron chi connectivity index (χ3n) is 3.39. The fourth-order valence-corrected chi connectivity index (χ4v) is 2.36. The van der Waals surface area contributed by atoms with E-state index in [9.17, 15) is 13.2 Å². The van der Waals surface area contributed by atoms with Crippen LogP contribution in [0.25, 0.3) is 0 Å². The second kappa shape index (κ2) is 8.24. The lowest BCUT2D eigenvalue weighted by atomic mass is 10.1. The van der Waals surface area contributed by atoms with Gasteiger partial charge in [0.2, 0.25) is 0 Å². The molecule has 0 aliphatic rings. The highest BCUT2D eigenvalue weighted by Crippen LogP contribution is 2.23. The number of alkyl halides is 3. The van der Waals surface area contributed by atoms with Gasteiger partial charge in [-0.2, -0.15) is 0 Å². The van der Waals surface area contributed by atoms with Crippen LogP contribution in [0.4, 0.5) is 13.2 Å². The average Bonchev–Trinajstić information content (AvgIpc) is 2.41. The van der Waals surface area contributed by atoms with E-state index in [1.54, 1.807) is 12.1 Å². The lowest BCUT2D eigenvalue weighted by Crippen LogP contribution is -2.36. The first-order chi connectivity index (χ1) is 9.89. The van der Waals surface area contributed by atoms with Gasteiger partial charge in [0.05, 0.1) is 6.61 Å². The number of aliphatic hydroxyl groups is 1. The highest BCUT2D eigenvalue weighted by atomic mass is 19.4. The summed E-state index contributed by atoms with van der Waals surface area (Å²) in [6, 6.07) is 6.21. The number of halogens is 3. The van der Waals surface area contributed by atoms with Crippen LogP contribution in [0.2, 0.25) is 0 Å². The molecule has 6 heteroatoms. The van der Waals surface area contributed by atoms with Gasteiger partial charge in [0.1, 0.15) is 5.75 Å². The summed E-state index contributed by atoms with van der Waals surface area (Å²) in [6.45, 7) is 5.37. The molecule has 0 saturated heterocycles. The van der Waals surface area contributed by atoms with Crippen LogP contribution in [-0.2, 0) is 6.54 Å². The van der Waals surface area contributed by atoms with Crippen molar-refractivity contribution in [2.45, 2.75) is 45.6 Å². The Morgan fingerprint density at radius 3 is 2.14 bits per heavy atom. The zero-order valence-electron chi connectivity index (χ0n) is 12.4. The Labute approximate surface area is 123 Å². The van der Waals surface area contributed by atoms with Gasteiger partial charge in [-0.15, -0.1) is 13.2 Å². The third kappa shape index (κ3) is 6.35. The van der Waals surface area contributed by atoms with E-state index in [-0.39, 0.29) is 12.4 Å². The van der Waals surface area contributed by atoms with Crippen molar-refractivity contribution in [3.05, 3.63) is 29.8 Å². The fourth-order valence-electron chi connectivity index (χ4n) is 2.36. The first-order valence-corrected chi connectivity index (χ1v) is 7.09. The number of rotatable bonds is 8. The van der Waals surface area contributed by atoms with E-state index in [1.165, 1.54) is 12.1 Å². The predicted molar refractivity (Wildman–Crippen MR) is 75.0 cm³/mol. The Balaban J connectivity index is 2.71. The zero-order chi connectivity index (χ0) is 15.9. The van der Waals surface area contributed by atoms with Crippen molar-refractivity contribution in [1.82, 2.24) is 4.90 Å². The van der Waals surface area contributed by atoms with Crippen LogP contribution in [0.1, 0.15) is 32.3 Å². The van der Waals surface area contributed by atoms with E-state index in [4.69, 9.17) is 5.11 Å². The van der Waals surface area contributed by atoms with E-state index in [2.05, 4.69) is 23.5 Å². The molecule has 120 valence electrons. The van der Waals surface area contributed by atoms with Gasteiger partial charge in [-0.1, -0.05) is 26.0 Å². The minimum atomic E-state index is -4.67. The molecule has 0 fully saturated rings. The van der Waals surface area contributed by atoms with Crippen LogP contribution in [-0.4, -0.2) is 35.6 Å². The van der Waals surface area contributed by atoms with Crippen molar-refractivity contribution in [3.8, 4) is 5.75 Å². The topological polar surface area (TPSA) is 32.7 Å². The molecule has 0 bridgehead atoms. The van der Waals surface area contributed by atoms with Crippen molar-refractivity contribution in [1.29, 1.82) is 0 Å². The molecular formula is C15H22F3NO2. The van der Waals surface area contributed by atoms with E-state index in [0.717, 1.165) is 18.4 Å². The van der Waals surface area contributed by atoms with E-state index < -0.39 is 6.36 Å². The van der Waals surface area contributed by atoms with E-state index >= 15 is 0 Å². The summed E-state index contributed by atoms with van der Waals surface area (Å²) in [5.74, 6) is -0.220. The summed E-state index contributed by atoms with van der Waals surface area (Å²) < 4.78 is 40.1. The quantitative estimate of drug-likeness (QED) is 0.797. The first kappa shape index (κ1) is 17.8. The molecule has 3 nitrogen and oxygen atoms in total. The molecule has 0 aromatic heterocycles. The van der Waals surface area contributed by atoms with Gasteiger partial charge in [-0.25, -0.2) is 0 Å². The molecule has 1 aromatic carbocycles. The van der Waals surface area contributed by atoms with Gasteiger partial charge in [-0.05, 0) is 30.5 Å². The second-order valence-electron chi connectivity index (χ2n) is 4.86. The standard InChI is InChI=1S/C15H22F3NO2/c1-3-13(4-2)19(9-10-20)11-12-5-7-14(8-6-12)21-15(16,17)18/h5-8,13,20H,3-4,9-11H2,1-2H3. The minimum Gasteiger partial charge on any atom is -0.406 e. The zero-order valence-corrected chi connectivity index (χ0v) is 12.4. The first-order valence-electron chi connectivity index (χ1n) is 7.09. The number of nitrogens with zero attached hydrogens (tertiary/aromatic N) is 1. The van der Waals surface area contributed by atoms with Gasteiger partial charge >= 0.3 is 6.36 Å². The molecular weight excluding hydrogens is 283 g/mol. The number of aliphatic hydroxyl groups excluding tert-OH is 1. The van der Waals surface area contributed by atoms with Crippen molar-refractivity contribution >= 4 is 0 Å². The normalized spacial score (nSPS) is 12.2. The number of hydrogen-bond acceptors (Lipinski definition) is 3. The summed E-state index contributed by atoms with van der Waals surface area (Å²) in [6.07, 6.45) is -2.74. The second-order valence-corrected chi connectivity index (χ2v) is 4.86. The molecule has 0 unspecified atom stereocenters. The van der Waals surface area contributed by atoms with Crippen LogP contribution >= 0.6 is 0 Å². The molecule has 0 aliphatic heterocycles. The molecule has 0 radical (unpaired) electrons. The van der Waals surface area contributed by atoms with Crippen LogP contribution in [0, 0.1) is 0 Å². The third-order valence-corrected chi connectivity index (χ3v) is 3.39. The lowest BCUT2D eigenvalue weighted by molar-refractivity contribution is -0.274. The highest BCUT2D eigenvalue weighted by Gasteiger charge is 2.31. The van der Waals surface area contributed by atoms with Crippen LogP contribution in [0.3, 0.4) is 0 Å². The SMILES string of the molecule is CCC(CC)N(CCO)Cc1ccc(OC(F)(F)F)cc1. The number of benzene rings is 1. The number of ether oxygens (including phenoxy) is 1. The Kier molecular flexibility index (Phi) is 6.98. The summed E-state index contributed by atoms with van der Waals surface area (Å²) in [7, 11) is 0. The average molecular weight is 305 g/mol. The molecule has 0 aliphatic carbocycles.